The lowest BCUT2D eigenvalue weighted by molar-refractivity contribution is -0.135. The fraction of sp³-hybridized carbons (Fsp3) is 0.276. The first-order chi connectivity index (χ1) is 37.2. The zero-order valence-corrected chi connectivity index (χ0v) is 42.9. The number of para-hydroxylation sites is 1. The van der Waals surface area contributed by atoms with Crippen molar-refractivity contribution < 1.29 is 28.8 Å². The van der Waals surface area contributed by atoms with Crippen LogP contribution in [0.2, 0.25) is 0 Å². The first-order valence-corrected chi connectivity index (χ1v) is 25.5. The van der Waals surface area contributed by atoms with Crippen molar-refractivity contribution in [3.63, 3.8) is 0 Å². The maximum atomic E-state index is 14.9. The number of hydrogen-bond donors (Lipinski definition) is 10. The van der Waals surface area contributed by atoms with E-state index in [1.807, 2.05) is 102 Å². The second kappa shape index (κ2) is 27.4. The van der Waals surface area contributed by atoms with Gasteiger partial charge in [-0.1, -0.05) is 139 Å². The van der Waals surface area contributed by atoms with Crippen molar-refractivity contribution in [2.75, 3.05) is 6.54 Å². The van der Waals surface area contributed by atoms with Gasteiger partial charge in [-0.25, -0.2) is 4.98 Å². The van der Waals surface area contributed by atoms with Crippen LogP contribution >= 0.6 is 0 Å². The average Bonchev–Trinajstić information content (AvgIpc) is 4.06. The van der Waals surface area contributed by atoms with Crippen molar-refractivity contribution in [2.24, 2.45) is 27.9 Å². The summed E-state index contributed by atoms with van der Waals surface area (Å²) < 4.78 is 1.86. The number of hydrogen-bond acceptors (Lipinski definition) is 9. The predicted molar refractivity (Wildman–Crippen MR) is 295 cm³/mol. The van der Waals surface area contributed by atoms with Crippen molar-refractivity contribution in [1.82, 2.24) is 41.1 Å². The summed E-state index contributed by atoms with van der Waals surface area (Å²) in [5.41, 5.74) is 29.3. The van der Waals surface area contributed by atoms with Gasteiger partial charge >= 0.3 is 0 Å². The lowest BCUT2D eigenvalue weighted by Crippen LogP contribution is -2.60. The number of rotatable bonds is 27. The molecule has 0 spiro atoms. The van der Waals surface area contributed by atoms with Crippen molar-refractivity contribution >= 4 is 52.3 Å². The molecule has 5 aromatic carbocycles. The number of imidazole rings is 1. The van der Waals surface area contributed by atoms with Gasteiger partial charge in [-0.3, -0.25) is 33.8 Å². The van der Waals surface area contributed by atoms with Gasteiger partial charge in [-0.15, -0.1) is 0 Å². The van der Waals surface area contributed by atoms with Crippen LogP contribution in [-0.2, 0) is 67.4 Å². The average molecular weight is 1040 g/mol. The van der Waals surface area contributed by atoms with E-state index in [-0.39, 0.29) is 51.0 Å². The van der Waals surface area contributed by atoms with Crippen molar-refractivity contribution in [3.8, 4) is 0 Å². The summed E-state index contributed by atoms with van der Waals surface area (Å²) >= 11 is 0. The quantitative estimate of drug-likeness (QED) is 0.0204. The molecule has 7 aromatic rings. The molecule has 0 aliphatic rings. The summed E-state index contributed by atoms with van der Waals surface area (Å²) in [5, 5.41) is 15.1. The van der Waals surface area contributed by atoms with Crippen LogP contribution in [0.1, 0.15) is 51.9 Å². The van der Waals surface area contributed by atoms with Crippen LogP contribution in [0.4, 0.5) is 0 Å². The number of carbonyl (C=O) groups is 6. The third-order valence-corrected chi connectivity index (χ3v) is 13.0. The molecule has 0 saturated heterocycles. The number of aromatic amines is 1. The number of primary amides is 1. The number of H-pyrrole nitrogens is 1. The molecular formula is C58H67N13O6. The molecule has 6 amide bonds. The monoisotopic (exact) mass is 1040 g/mol. The summed E-state index contributed by atoms with van der Waals surface area (Å²) in [5.74, 6) is -4.29. The van der Waals surface area contributed by atoms with Crippen molar-refractivity contribution in [2.45, 2.75) is 94.7 Å². The van der Waals surface area contributed by atoms with E-state index >= 15 is 0 Å². The molecule has 6 atom stereocenters. The molecule has 14 N–H and O–H groups in total. The fourth-order valence-electron chi connectivity index (χ4n) is 8.86. The molecule has 400 valence electrons. The summed E-state index contributed by atoms with van der Waals surface area (Å²) in [6, 6.07) is 35.5. The third kappa shape index (κ3) is 17.0. The third-order valence-electron chi connectivity index (χ3n) is 13.0. The molecule has 77 heavy (non-hydrogen) atoms. The highest BCUT2D eigenvalue weighted by Gasteiger charge is 2.34. The van der Waals surface area contributed by atoms with Crippen LogP contribution < -0.4 is 49.5 Å². The van der Waals surface area contributed by atoms with Gasteiger partial charge in [0.25, 0.3) is 0 Å². The number of aromatic nitrogens is 3. The minimum atomic E-state index is -1.30. The minimum absolute atomic E-state index is 0.00657. The topological polar surface area (TPSA) is 313 Å². The molecule has 0 aliphatic heterocycles. The van der Waals surface area contributed by atoms with Crippen LogP contribution in [0.15, 0.2) is 163 Å². The molecule has 19 heteroatoms. The Balaban J connectivity index is 1.14. The lowest BCUT2D eigenvalue weighted by Gasteiger charge is -2.27. The van der Waals surface area contributed by atoms with E-state index < -0.39 is 71.7 Å². The summed E-state index contributed by atoms with van der Waals surface area (Å²) in [6.45, 7) is 2.71. The first-order valence-electron chi connectivity index (χ1n) is 25.5. The number of aliphatic imine (C=N–C) groups is 1. The number of benzene rings is 5. The molecule has 0 fully saturated rings. The van der Waals surface area contributed by atoms with Crippen molar-refractivity contribution in [1.29, 1.82) is 0 Å². The number of carbonyl (C=O) groups excluding carboxylic acids is 6. The van der Waals surface area contributed by atoms with Gasteiger partial charge in [-0.2, -0.15) is 0 Å². The van der Waals surface area contributed by atoms with Crippen LogP contribution in [0, 0.1) is 6.92 Å². The summed E-state index contributed by atoms with van der Waals surface area (Å²) in [6.07, 6.45) is 5.79. The van der Waals surface area contributed by atoms with E-state index in [2.05, 4.69) is 41.5 Å². The maximum absolute atomic E-state index is 14.9. The summed E-state index contributed by atoms with van der Waals surface area (Å²) in [4.78, 5) is 97.2. The second-order valence-corrected chi connectivity index (χ2v) is 19.1. The Morgan fingerprint density at radius 1 is 0.558 bits per heavy atom. The van der Waals surface area contributed by atoms with Crippen LogP contribution in [0.3, 0.4) is 0 Å². The van der Waals surface area contributed by atoms with E-state index in [9.17, 15) is 28.8 Å². The summed E-state index contributed by atoms with van der Waals surface area (Å²) in [7, 11) is 0. The highest BCUT2D eigenvalue weighted by atomic mass is 16.2. The van der Waals surface area contributed by atoms with E-state index in [0.717, 1.165) is 27.6 Å². The van der Waals surface area contributed by atoms with E-state index in [4.69, 9.17) is 22.9 Å². The predicted octanol–water partition coefficient (Wildman–Crippen LogP) is 2.52. The molecule has 19 nitrogen and oxygen atoms in total. The van der Waals surface area contributed by atoms with Crippen LogP contribution in [0.5, 0.6) is 0 Å². The van der Waals surface area contributed by atoms with Gasteiger partial charge in [0.15, 0.2) is 5.96 Å². The Hall–Kier alpha value is -9.10. The lowest BCUT2D eigenvalue weighted by atomic mass is 9.99. The smallest absolute Gasteiger partial charge is 0.243 e. The van der Waals surface area contributed by atoms with Gasteiger partial charge in [0.1, 0.15) is 30.2 Å². The van der Waals surface area contributed by atoms with Gasteiger partial charge in [0, 0.05) is 68.5 Å². The number of amides is 6. The van der Waals surface area contributed by atoms with E-state index in [0.29, 0.717) is 35.3 Å². The SMILES string of the molecule is Cc1ccc(C[C@H](NC(=O)[C@@H](Cc2ccccc2)NC(=O)[C@@H](Cc2c[nH]c3ccccc23)NC(=O)[C@H](N)CCCN=C(N)N)C(=O)N[C@H](Cc2ccccc2)C(=O)N[C@@H](Cc2cn(Cc3ccccc3)cn2)C(N)=O)cc1. The van der Waals surface area contributed by atoms with Crippen LogP contribution in [-0.4, -0.2) is 98.7 Å². The second-order valence-electron chi connectivity index (χ2n) is 19.1. The minimum Gasteiger partial charge on any atom is -0.370 e. The standard InChI is InChI=1S/C58H67N13O6/c1-37-23-25-40(26-24-37)30-50(56(76)68-48(28-38-14-5-2-6-15-38)54(74)66-47(52(60)72)32-43-35-71(36-65-43)34-41-18-9-4-10-19-41)69-55(75)49(29-39-16-7-3-8-17-39)70-57(77)51(31-42-33-64-46-22-12-11-20-44(42)46)67-53(73)45(59)21-13-27-63-58(61)62/h2-12,14-20,22-26,33,35-36,45,47-51,64H,13,21,27-32,34,59H2,1H3,(H2,60,72)(H,66,74)(H,67,73)(H,68,76)(H,69,75)(H,70,77)(H4,61,62,63)/t45-,47+,48-,49-,50+,51-/m1/s1. The number of fused-ring (bicyclic) bond motifs is 1. The Morgan fingerprint density at radius 2 is 1.03 bits per heavy atom. The fourth-order valence-corrected chi connectivity index (χ4v) is 8.86. The molecule has 0 radical (unpaired) electrons. The van der Waals surface area contributed by atoms with E-state index in [1.165, 1.54) is 0 Å². The van der Waals surface area contributed by atoms with Gasteiger partial charge in [-0.05, 0) is 53.6 Å². The molecule has 0 unspecified atom stereocenters. The zero-order valence-electron chi connectivity index (χ0n) is 42.9. The number of nitrogens with zero attached hydrogens (tertiary/aromatic N) is 3. The molecular weight excluding hydrogens is 975 g/mol. The normalized spacial score (nSPS) is 13.4. The first kappa shape index (κ1) is 55.6. The number of nitrogens with two attached hydrogens (primary N) is 4. The Bertz CT molecular complexity index is 3110. The van der Waals surface area contributed by atoms with Crippen molar-refractivity contribution in [3.05, 3.63) is 197 Å². The maximum Gasteiger partial charge on any atom is 0.243 e. The van der Waals surface area contributed by atoms with Crippen LogP contribution in [0.25, 0.3) is 10.9 Å². The Kier molecular flexibility index (Phi) is 19.8. The largest absolute Gasteiger partial charge is 0.370 e. The number of guanidine groups is 1. The molecule has 0 aliphatic carbocycles. The van der Waals surface area contributed by atoms with E-state index in [1.54, 1.807) is 67.3 Å². The molecule has 7 rings (SSSR count). The Morgan fingerprint density at radius 3 is 1.56 bits per heavy atom. The van der Waals surface area contributed by atoms with Gasteiger partial charge in [0.05, 0.1) is 18.1 Å². The molecule has 0 saturated carbocycles. The van der Waals surface area contributed by atoms with Gasteiger partial charge < -0.3 is 59.1 Å². The highest BCUT2D eigenvalue weighted by molar-refractivity contribution is 5.97. The van der Waals surface area contributed by atoms with Gasteiger partial charge in [0.2, 0.25) is 35.4 Å². The Labute approximate surface area is 447 Å². The zero-order chi connectivity index (χ0) is 54.7. The number of nitrogens with one attached hydrogen (secondary N) is 6. The molecule has 0 bridgehead atoms. The number of aryl methyl sites for hydroxylation is 1. The molecule has 2 heterocycles. The highest BCUT2D eigenvalue weighted by Crippen LogP contribution is 2.20. The molecule has 2 aromatic heterocycles.